The fourth-order valence-electron chi connectivity index (χ4n) is 3.70. The van der Waals surface area contributed by atoms with Crippen LogP contribution in [0.5, 0.6) is 0 Å². The van der Waals surface area contributed by atoms with Gasteiger partial charge in [0.15, 0.2) is 0 Å². The number of aryl methyl sites for hydroxylation is 1. The van der Waals surface area contributed by atoms with E-state index in [2.05, 4.69) is 21.0 Å². The maximum absolute atomic E-state index is 12.6. The third kappa shape index (κ3) is 3.32. The zero-order valence-electron chi connectivity index (χ0n) is 15.0. The number of rotatable bonds is 4. The molecule has 1 aliphatic heterocycles. The molecule has 0 aliphatic carbocycles. The highest BCUT2D eigenvalue weighted by Gasteiger charge is 2.27. The van der Waals surface area contributed by atoms with E-state index < -0.39 is 0 Å². The van der Waals surface area contributed by atoms with Crippen LogP contribution in [-0.2, 0) is 13.6 Å². The molecule has 3 heterocycles. The van der Waals surface area contributed by atoms with Crippen molar-refractivity contribution < 1.29 is 0 Å². The van der Waals surface area contributed by atoms with Gasteiger partial charge in [-0.1, -0.05) is 24.3 Å². The Kier molecular flexibility index (Phi) is 4.67. The molecule has 3 aromatic rings. The van der Waals surface area contributed by atoms with Crippen molar-refractivity contribution in [1.29, 1.82) is 0 Å². The summed E-state index contributed by atoms with van der Waals surface area (Å²) in [4.78, 5) is 19.5. The molecule has 1 fully saturated rings. The fraction of sp³-hybridized carbons (Fsp3) is 0.350. The third-order valence-corrected chi connectivity index (χ3v) is 4.95. The molecule has 1 aliphatic rings. The van der Waals surface area contributed by atoms with Crippen molar-refractivity contribution in [3.63, 3.8) is 0 Å². The van der Waals surface area contributed by atoms with Crippen LogP contribution >= 0.6 is 0 Å². The van der Waals surface area contributed by atoms with Gasteiger partial charge in [-0.25, -0.2) is 14.0 Å². The predicted octanol–water partition coefficient (Wildman–Crippen LogP) is 2.35. The first kappa shape index (κ1) is 16.7. The Bertz CT molecular complexity index is 916. The smallest absolute Gasteiger partial charge is 0.297 e. The largest absolute Gasteiger partial charge is 0.350 e. The average molecular weight is 349 g/mol. The van der Waals surface area contributed by atoms with Gasteiger partial charge in [-0.3, -0.25) is 9.88 Å². The van der Waals surface area contributed by atoms with E-state index in [9.17, 15) is 4.79 Å². The molecular formula is C20H23N5O. The van der Waals surface area contributed by atoms with Crippen LogP contribution in [0.15, 0.2) is 59.5 Å². The zero-order chi connectivity index (χ0) is 17.9. The van der Waals surface area contributed by atoms with Gasteiger partial charge in [0, 0.05) is 32.3 Å². The lowest BCUT2D eigenvalue weighted by Gasteiger charge is -2.32. The number of para-hydroxylation sites is 1. The summed E-state index contributed by atoms with van der Waals surface area (Å²) in [6.07, 6.45) is 3.97. The first-order valence-electron chi connectivity index (χ1n) is 9.06. The molecule has 6 nitrogen and oxygen atoms in total. The minimum Gasteiger partial charge on any atom is -0.297 e. The van der Waals surface area contributed by atoms with Crippen LogP contribution in [0.4, 0.5) is 0 Å². The highest BCUT2D eigenvalue weighted by molar-refractivity contribution is 5.33. The van der Waals surface area contributed by atoms with Crippen LogP contribution in [0.1, 0.15) is 30.3 Å². The van der Waals surface area contributed by atoms with Gasteiger partial charge in [0.25, 0.3) is 0 Å². The molecule has 0 N–H and O–H groups in total. The number of pyridine rings is 1. The number of benzene rings is 1. The second-order valence-electron chi connectivity index (χ2n) is 6.83. The molecule has 6 heteroatoms. The highest BCUT2D eigenvalue weighted by atomic mass is 16.2. The summed E-state index contributed by atoms with van der Waals surface area (Å²) in [6.45, 7) is 2.77. The molecular weight excluding hydrogens is 326 g/mol. The van der Waals surface area contributed by atoms with E-state index in [1.165, 1.54) is 4.68 Å². The predicted molar refractivity (Wildman–Crippen MR) is 100 cm³/mol. The molecule has 2 aromatic heterocycles. The molecule has 1 saturated heterocycles. The molecule has 1 atom stereocenters. The van der Waals surface area contributed by atoms with E-state index in [4.69, 9.17) is 0 Å². The average Bonchev–Trinajstić information content (AvgIpc) is 2.98. The van der Waals surface area contributed by atoms with Gasteiger partial charge in [-0.05, 0) is 43.7 Å². The first-order valence-corrected chi connectivity index (χ1v) is 9.06. The molecule has 4 rings (SSSR count). The monoisotopic (exact) mass is 349 g/mol. The van der Waals surface area contributed by atoms with E-state index in [0.29, 0.717) is 0 Å². The van der Waals surface area contributed by atoms with E-state index >= 15 is 0 Å². The molecule has 0 radical (unpaired) electrons. The van der Waals surface area contributed by atoms with Crippen molar-refractivity contribution in [2.75, 3.05) is 13.1 Å². The summed E-state index contributed by atoms with van der Waals surface area (Å²) in [5.74, 6) is 1.09. The van der Waals surface area contributed by atoms with E-state index in [1.807, 2.05) is 48.7 Å². The summed E-state index contributed by atoms with van der Waals surface area (Å²) < 4.78 is 3.20. The van der Waals surface area contributed by atoms with Crippen molar-refractivity contribution in [2.45, 2.75) is 25.3 Å². The van der Waals surface area contributed by atoms with Crippen LogP contribution in [0, 0.1) is 0 Å². The molecule has 0 bridgehead atoms. The summed E-state index contributed by atoms with van der Waals surface area (Å²) in [5.41, 5.74) is 1.87. The maximum atomic E-state index is 12.6. The number of hydrogen-bond donors (Lipinski definition) is 0. The molecule has 1 aromatic carbocycles. The highest BCUT2D eigenvalue weighted by Crippen LogP contribution is 2.27. The molecule has 134 valence electrons. The van der Waals surface area contributed by atoms with Crippen molar-refractivity contribution in [2.24, 2.45) is 7.05 Å². The Morgan fingerprint density at radius 1 is 1.12 bits per heavy atom. The molecule has 0 spiro atoms. The van der Waals surface area contributed by atoms with Gasteiger partial charge < -0.3 is 0 Å². The number of hydrogen-bond acceptors (Lipinski definition) is 4. The number of piperidine rings is 1. The standard InChI is InChI=1S/C20H23N5O/c1-23-20(26)25(18-10-3-2-4-11-18)19(22-23)16-8-7-13-24(14-16)15-17-9-5-6-12-21-17/h2-6,9-12,16H,7-8,13-15H2,1H3/t16-/m1/s1. The quantitative estimate of drug-likeness (QED) is 0.725. The van der Waals surface area contributed by atoms with Crippen LogP contribution in [0.2, 0.25) is 0 Å². The van der Waals surface area contributed by atoms with E-state index in [1.54, 1.807) is 11.6 Å². The van der Waals surface area contributed by atoms with Gasteiger partial charge in [0.1, 0.15) is 5.82 Å². The Balaban J connectivity index is 1.61. The lowest BCUT2D eigenvalue weighted by molar-refractivity contribution is 0.193. The molecule has 0 saturated carbocycles. The lowest BCUT2D eigenvalue weighted by Crippen LogP contribution is -2.35. The third-order valence-electron chi connectivity index (χ3n) is 4.95. The Hall–Kier alpha value is -2.73. The molecule has 26 heavy (non-hydrogen) atoms. The Morgan fingerprint density at radius 2 is 1.92 bits per heavy atom. The van der Waals surface area contributed by atoms with Gasteiger partial charge >= 0.3 is 5.69 Å². The number of nitrogens with zero attached hydrogens (tertiary/aromatic N) is 5. The van der Waals surface area contributed by atoms with Crippen molar-refractivity contribution >= 4 is 0 Å². The van der Waals surface area contributed by atoms with E-state index in [0.717, 1.165) is 49.7 Å². The van der Waals surface area contributed by atoms with Gasteiger partial charge in [0.2, 0.25) is 0 Å². The second kappa shape index (κ2) is 7.25. The molecule has 0 unspecified atom stereocenters. The number of aromatic nitrogens is 4. The normalized spacial score (nSPS) is 18.1. The Labute approximate surface area is 152 Å². The summed E-state index contributed by atoms with van der Waals surface area (Å²) in [7, 11) is 1.72. The van der Waals surface area contributed by atoms with Crippen LogP contribution in [0.3, 0.4) is 0 Å². The van der Waals surface area contributed by atoms with E-state index in [-0.39, 0.29) is 11.6 Å². The second-order valence-corrected chi connectivity index (χ2v) is 6.83. The summed E-state index contributed by atoms with van der Waals surface area (Å²) in [6, 6.07) is 15.8. The van der Waals surface area contributed by atoms with Crippen molar-refractivity contribution in [3.05, 3.63) is 76.7 Å². The van der Waals surface area contributed by atoms with Crippen LogP contribution in [-0.4, -0.2) is 37.3 Å². The van der Waals surface area contributed by atoms with Crippen LogP contribution < -0.4 is 5.69 Å². The minimum absolute atomic E-state index is 0.0898. The topological polar surface area (TPSA) is 56.0 Å². The zero-order valence-corrected chi connectivity index (χ0v) is 15.0. The van der Waals surface area contributed by atoms with Crippen molar-refractivity contribution in [1.82, 2.24) is 24.2 Å². The fourth-order valence-corrected chi connectivity index (χ4v) is 3.70. The van der Waals surface area contributed by atoms with Gasteiger partial charge in [-0.15, -0.1) is 0 Å². The summed E-state index contributed by atoms with van der Waals surface area (Å²) >= 11 is 0. The minimum atomic E-state index is -0.0898. The van der Waals surface area contributed by atoms with Crippen molar-refractivity contribution in [3.8, 4) is 5.69 Å². The lowest BCUT2D eigenvalue weighted by atomic mass is 9.97. The SMILES string of the molecule is Cn1nc([C@@H]2CCCN(Cc3ccccn3)C2)n(-c2ccccc2)c1=O. The van der Waals surface area contributed by atoms with Crippen LogP contribution in [0.25, 0.3) is 5.69 Å². The Morgan fingerprint density at radius 3 is 2.69 bits per heavy atom. The summed E-state index contributed by atoms with van der Waals surface area (Å²) in [5, 5.41) is 4.58. The first-order chi connectivity index (χ1) is 12.7. The maximum Gasteiger partial charge on any atom is 0.350 e. The molecule has 0 amide bonds. The number of likely N-dealkylation sites (tertiary alicyclic amines) is 1. The van der Waals surface area contributed by atoms with Gasteiger partial charge in [0.05, 0.1) is 11.4 Å². The van der Waals surface area contributed by atoms with Gasteiger partial charge in [-0.2, -0.15) is 5.10 Å².